The number of benzene rings is 1. The average Bonchev–Trinajstić information content (AvgIpc) is 2.75. The number of halogens is 2. The molecule has 9 heteroatoms. The molecule has 200 valence electrons. The molecule has 0 fully saturated rings. The normalized spacial score (nSPS) is 13.6. The van der Waals surface area contributed by atoms with E-state index < -0.39 is 6.10 Å². The van der Waals surface area contributed by atoms with E-state index in [0.717, 1.165) is 19.4 Å². The Hall–Kier alpha value is -1.09. The highest BCUT2D eigenvalue weighted by atomic mass is 35.5. The second-order valence-electron chi connectivity index (χ2n) is 9.28. The van der Waals surface area contributed by atoms with Crippen LogP contribution < -0.4 is 21.1 Å². The molecule has 1 aromatic carbocycles. The number of amides is 1. The molecule has 0 aliphatic heterocycles. The van der Waals surface area contributed by atoms with Gasteiger partial charge in [-0.1, -0.05) is 39.8 Å². The molecule has 1 amide bonds. The molecule has 0 heterocycles. The van der Waals surface area contributed by atoms with Gasteiger partial charge in [0.05, 0.1) is 18.3 Å². The molecule has 1 rings (SSSR count). The van der Waals surface area contributed by atoms with Crippen molar-refractivity contribution in [2.24, 2.45) is 23.5 Å². The van der Waals surface area contributed by atoms with Crippen LogP contribution in [0.15, 0.2) is 24.3 Å². The summed E-state index contributed by atoms with van der Waals surface area (Å²) in [5.41, 5.74) is 6.80. The van der Waals surface area contributed by atoms with Gasteiger partial charge in [0.1, 0.15) is 5.75 Å². The van der Waals surface area contributed by atoms with Crippen molar-refractivity contribution in [3.63, 3.8) is 0 Å². The highest BCUT2D eigenvalue weighted by Gasteiger charge is 2.23. The number of carbonyl (C=O) groups excluding carboxylic acids is 1. The molecule has 5 N–H and O–H groups in total. The second kappa shape index (κ2) is 20.1. The molecule has 0 radical (unpaired) electrons. The van der Waals surface area contributed by atoms with Gasteiger partial charge in [-0.3, -0.25) is 4.79 Å². The van der Waals surface area contributed by atoms with E-state index in [2.05, 4.69) is 38.3 Å². The Morgan fingerprint density at radius 1 is 1.03 bits per heavy atom. The summed E-state index contributed by atoms with van der Waals surface area (Å²) in [6.45, 7) is 11.6. The zero-order valence-corrected chi connectivity index (χ0v) is 23.1. The van der Waals surface area contributed by atoms with E-state index in [9.17, 15) is 9.90 Å². The third-order valence-electron chi connectivity index (χ3n) is 5.57. The molecule has 7 nitrogen and oxygen atoms in total. The fourth-order valence-corrected chi connectivity index (χ4v) is 3.40. The SMILES string of the molecule is COCCCCOc1ccccc1C(=O)NCC(CC(N)C(O)CNCC(C)C)C(C)C.Cl.Cl. The van der Waals surface area contributed by atoms with Crippen molar-refractivity contribution in [1.29, 1.82) is 0 Å². The van der Waals surface area contributed by atoms with Crippen LogP contribution in [0.25, 0.3) is 0 Å². The summed E-state index contributed by atoms with van der Waals surface area (Å²) in [6, 6.07) is 6.96. The fraction of sp³-hybridized carbons (Fsp3) is 0.720. The van der Waals surface area contributed by atoms with E-state index >= 15 is 0 Å². The van der Waals surface area contributed by atoms with Crippen LogP contribution in [0.2, 0.25) is 0 Å². The minimum atomic E-state index is -0.613. The van der Waals surface area contributed by atoms with Gasteiger partial charge in [-0.25, -0.2) is 0 Å². The summed E-state index contributed by atoms with van der Waals surface area (Å²) in [5, 5.41) is 16.7. The summed E-state index contributed by atoms with van der Waals surface area (Å²) in [4.78, 5) is 12.9. The predicted octanol–water partition coefficient (Wildman–Crippen LogP) is 3.66. The van der Waals surface area contributed by atoms with Crippen molar-refractivity contribution < 1.29 is 19.4 Å². The molecule has 0 aromatic heterocycles. The number of unbranched alkanes of at least 4 members (excludes halogenated alkanes) is 1. The van der Waals surface area contributed by atoms with Gasteiger partial charge in [0.15, 0.2) is 0 Å². The second-order valence-corrected chi connectivity index (χ2v) is 9.28. The van der Waals surface area contributed by atoms with Crippen LogP contribution in [-0.4, -0.2) is 63.1 Å². The number of rotatable bonds is 17. The lowest BCUT2D eigenvalue weighted by molar-refractivity contribution is 0.0927. The van der Waals surface area contributed by atoms with E-state index in [1.54, 1.807) is 13.2 Å². The molecule has 0 bridgehead atoms. The van der Waals surface area contributed by atoms with Crippen LogP contribution in [-0.2, 0) is 4.74 Å². The first kappa shape index (κ1) is 35.1. The number of aliphatic hydroxyl groups is 1. The Kier molecular flexibility index (Phi) is 20.8. The molecule has 34 heavy (non-hydrogen) atoms. The van der Waals surface area contributed by atoms with Crippen molar-refractivity contribution in [2.45, 2.75) is 59.1 Å². The summed E-state index contributed by atoms with van der Waals surface area (Å²) >= 11 is 0. The minimum absolute atomic E-state index is 0. The van der Waals surface area contributed by atoms with Crippen LogP contribution in [0.4, 0.5) is 0 Å². The lowest BCUT2D eigenvalue weighted by Gasteiger charge is -2.27. The van der Waals surface area contributed by atoms with Crippen molar-refractivity contribution in [3.8, 4) is 5.75 Å². The Morgan fingerprint density at radius 3 is 2.29 bits per heavy atom. The molecule has 0 spiro atoms. The van der Waals surface area contributed by atoms with E-state index in [1.807, 2.05) is 18.2 Å². The molecular weight excluding hydrogens is 477 g/mol. The Bertz CT molecular complexity index is 650. The number of nitrogens with two attached hydrogens (primary N) is 1. The first-order chi connectivity index (χ1) is 15.3. The third kappa shape index (κ3) is 14.3. The Balaban J connectivity index is 0. The van der Waals surface area contributed by atoms with Crippen molar-refractivity contribution in [3.05, 3.63) is 29.8 Å². The van der Waals surface area contributed by atoms with Crippen molar-refractivity contribution >= 4 is 30.7 Å². The van der Waals surface area contributed by atoms with Gasteiger partial charge in [0.25, 0.3) is 5.91 Å². The Labute approximate surface area is 218 Å². The van der Waals surface area contributed by atoms with Crippen LogP contribution >= 0.6 is 24.8 Å². The van der Waals surface area contributed by atoms with Crippen molar-refractivity contribution in [2.75, 3.05) is 40.0 Å². The number of hydrogen-bond donors (Lipinski definition) is 4. The van der Waals surface area contributed by atoms with Gasteiger partial charge >= 0.3 is 0 Å². The number of ether oxygens (including phenoxy) is 2. The highest BCUT2D eigenvalue weighted by Crippen LogP contribution is 2.20. The van der Waals surface area contributed by atoms with E-state index in [4.69, 9.17) is 15.2 Å². The summed E-state index contributed by atoms with van der Waals surface area (Å²) < 4.78 is 10.9. The molecule has 0 aliphatic carbocycles. The van der Waals surface area contributed by atoms with Crippen molar-refractivity contribution in [1.82, 2.24) is 10.6 Å². The lowest BCUT2D eigenvalue weighted by atomic mass is 9.87. The summed E-state index contributed by atoms with van der Waals surface area (Å²) in [6.07, 6.45) is 1.81. The van der Waals surface area contributed by atoms with E-state index in [-0.39, 0.29) is 42.7 Å². The van der Waals surface area contributed by atoms with Crippen LogP contribution in [0.5, 0.6) is 5.75 Å². The third-order valence-corrected chi connectivity index (χ3v) is 5.57. The summed E-state index contributed by atoms with van der Waals surface area (Å²) in [7, 11) is 1.68. The quantitative estimate of drug-likeness (QED) is 0.232. The van der Waals surface area contributed by atoms with Crippen LogP contribution in [0, 0.1) is 17.8 Å². The number of nitrogens with one attached hydrogen (secondary N) is 2. The molecular formula is C25H47Cl2N3O4. The highest BCUT2D eigenvalue weighted by molar-refractivity contribution is 5.96. The fourth-order valence-electron chi connectivity index (χ4n) is 3.40. The standard InChI is InChI=1S/C25H45N3O4.2ClH/c1-18(2)15-27-17-23(29)22(26)14-20(19(3)4)16-28-25(30)21-10-6-7-11-24(21)32-13-9-8-12-31-5;;/h6-7,10-11,18-20,22-23,27,29H,8-9,12-17,26H2,1-5H3,(H,28,30);2*1H. The molecule has 0 saturated carbocycles. The van der Waals surface area contributed by atoms with Gasteiger partial charge in [0, 0.05) is 32.8 Å². The number of para-hydroxylation sites is 1. The average molecular weight is 525 g/mol. The topological polar surface area (TPSA) is 106 Å². The first-order valence-corrected chi connectivity index (χ1v) is 11.9. The first-order valence-electron chi connectivity index (χ1n) is 11.9. The maximum Gasteiger partial charge on any atom is 0.255 e. The zero-order valence-electron chi connectivity index (χ0n) is 21.4. The summed E-state index contributed by atoms with van der Waals surface area (Å²) in [5.74, 6) is 1.44. The number of carbonyl (C=O) groups is 1. The number of aliphatic hydroxyl groups excluding tert-OH is 1. The van der Waals surface area contributed by atoms with Crippen LogP contribution in [0.3, 0.4) is 0 Å². The minimum Gasteiger partial charge on any atom is -0.493 e. The van der Waals surface area contributed by atoms with E-state index in [0.29, 0.717) is 55.9 Å². The molecule has 1 aromatic rings. The molecule has 3 atom stereocenters. The Morgan fingerprint density at radius 2 is 1.68 bits per heavy atom. The van der Waals surface area contributed by atoms with Crippen LogP contribution in [0.1, 0.15) is 57.3 Å². The molecule has 0 aliphatic rings. The lowest BCUT2D eigenvalue weighted by Crippen LogP contribution is -2.45. The van der Waals surface area contributed by atoms with Gasteiger partial charge < -0.3 is 30.9 Å². The van der Waals surface area contributed by atoms with Gasteiger partial charge in [-0.2, -0.15) is 0 Å². The van der Waals surface area contributed by atoms with Gasteiger partial charge in [-0.15, -0.1) is 24.8 Å². The maximum atomic E-state index is 12.9. The predicted molar refractivity (Wildman–Crippen MR) is 145 cm³/mol. The monoisotopic (exact) mass is 523 g/mol. The van der Waals surface area contributed by atoms with Gasteiger partial charge in [0.2, 0.25) is 0 Å². The smallest absolute Gasteiger partial charge is 0.255 e. The van der Waals surface area contributed by atoms with E-state index in [1.165, 1.54) is 0 Å². The molecule has 0 saturated heterocycles. The molecule has 3 unspecified atom stereocenters. The maximum absolute atomic E-state index is 12.9. The van der Waals surface area contributed by atoms with Gasteiger partial charge in [-0.05, 0) is 55.7 Å². The number of methoxy groups -OCH3 is 1. The number of hydrogen-bond acceptors (Lipinski definition) is 6. The largest absolute Gasteiger partial charge is 0.493 e. The zero-order chi connectivity index (χ0) is 23.9.